The molecule has 0 saturated heterocycles. The lowest BCUT2D eigenvalue weighted by Gasteiger charge is -2.32. The molecule has 0 aromatic heterocycles. The third-order valence-corrected chi connectivity index (χ3v) is 5.81. The number of methoxy groups -OCH3 is 4. The minimum Gasteiger partial charge on any atom is -0.493 e. The van der Waals surface area contributed by atoms with E-state index in [1.165, 1.54) is 28.4 Å². The van der Waals surface area contributed by atoms with E-state index in [2.05, 4.69) is 6.07 Å². The number of nitrogens with zero attached hydrogens (tertiary/aromatic N) is 2. The van der Waals surface area contributed by atoms with Crippen molar-refractivity contribution in [1.82, 2.24) is 4.90 Å². The van der Waals surface area contributed by atoms with Gasteiger partial charge in [-0.3, -0.25) is 0 Å². The average Bonchev–Trinajstić information content (AvgIpc) is 2.85. The first-order chi connectivity index (χ1) is 17.3. The number of hydrogen-bond donors (Lipinski definition) is 0. The molecule has 0 heterocycles. The van der Waals surface area contributed by atoms with Crippen LogP contribution in [0.1, 0.15) is 43.3 Å². The standard InChI is InChI=1S/C27H38N2O4/c1-20(2)27(19-28,22-10-12-24(31-5)26(18-22)33-7)14-8-15-29(3)16-13-21-9-11-23(30-4)25(17-21)32-6/h9-12,17-18,20H,8,13-16H2,1-7H3/i8D2,13D2. The number of benzene rings is 2. The molecule has 2 aromatic carbocycles. The molecule has 2 aromatic rings. The highest BCUT2D eigenvalue weighted by atomic mass is 16.5. The minimum absolute atomic E-state index is 0.0560. The molecular weight excluding hydrogens is 416 g/mol. The van der Waals surface area contributed by atoms with Gasteiger partial charge in [-0.2, -0.15) is 5.26 Å². The Kier molecular flexibility index (Phi) is 7.75. The zero-order valence-electron chi connectivity index (χ0n) is 24.7. The quantitative estimate of drug-likeness (QED) is 0.416. The van der Waals surface area contributed by atoms with Crippen molar-refractivity contribution in [3.8, 4) is 29.1 Å². The fraction of sp³-hybridized carbons (Fsp3) is 0.519. The van der Waals surface area contributed by atoms with E-state index in [1.807, 2.05) is 13.8 Å². The van der Waals surface area contributed by atoms with E-state index < -0.39 is 18.2 Å². The molecule has 0 aliphatic heterocycles. The Balaban J connectivity index is 2.29. The van der Waals surface area contributed by atoms with Crippen LogP contribution in [-0.4, -0.2) is 53.5 Å². The molecule has 0 aliphatic carbocycles. The van der Waals surface area contributed by atoms with Gasteiger partial charge in [0.25, 0.3) is 0 Å². The third-order valence-electron chi connectivity index (χ3n) is 5.81. The van der Waals surface area contributed by atoms with Crippen LogP contribution in [-0.2, 0) is 11.8 Å². The van der Waals surface area contributed by atoms with E-state index in [0.717, 1.165) is 0 Å². The van der Waals surface area contributed by atoms with Gasteiger partial charge in [-0.25, -0.2) is 0 Å². The van der Waals surface area contributed by atoms with Crippen molar-refractivity contribution < 1.29 is 24.4 Å². The summed E-state index contributed by atoms with van der Waals surface area (Å²) in [5.74, 6) is 1.73. The van der Waals surface area contributed by atoms with Crippen molar-refractivity contribution in [3.63, 3.8) is 0 Å². The Hall–Kier alpha value is -2.91. The Morgan fingerprint density at radius 3 is 2.03 bits per heavy atom. The second-order valence-corrected chi connectivity index (χ2v) is 8.15. The molecule has 0 saturated carbocycles. The number of rotatable bonds is 13. The van der Waals surface area contributed by atoms with E-state index in [0.29, 0.717) is 34.1 Å². The van der Waals surface area contributed by atoms with Crippen molar-refractivity contribution in [1.29, 1.82) is 5.26 Å². The van der Waals surface area contributed by atoms with Crippen LogP contribution in [0.3, 0.4) is 0 Å². The molecule has 0 fully saturated rings. The number of ether oxygens (including phenoxy) is 4. The first-order valence-electron chi connectivity index (χ1n) is 12.8. The topological polar surface area (TPSA) is 64.0 Å². The second kappa shape index (κ2) is 12.4. The predicted molar refractivity (Wildman–Crippen MR) is 132 cm³/mol. The van der Waals surface area contributed by atoms with Crippen molar-refractivity contribution >= 4 is 0 Å². The van der Waals surface area contributed by atoms with Crippen molar-refractivity contribution in [2.24, 2.45) is 5.92 Å². The van der Waals surface area contributed by atoms with Gasteiger partial charge in [0.2, 0.25) is 0 Å². The lowest BCUT2D eigenvalue weighted by Crippen LogP contribution is -2.32. The molecule has 1 atom stereocenters. The summed E-state index contributed by atoms with van der Waals surface area (Å²) in [6, 6.07) is 12.5. The number of nitriles is 1. The molecule has 0 aliphatic rings. The normalized spacial score (nSPS) is 15.5. The molecule has 0 N–H and O–H groups in total. The van der Waals surface area contributed by atoms with Gasteiger partial charge in [0.15, 0.2) is 23.0 Å². The van der Waals surface area contributed by atoms with Crippen molar-refractivity contribution in [2.45, 2.75) is 38.4 Å². The molecule has 0 radical (unpaired) electrons. The van der Waals surface area contributed by atoms with E-state index in [1.54, 1.807) is 48.3 Å². The largest absolute Gasteiger partial charge is 0.493 e. The van der Waals surface area contributed by atoms with E-state index in [-0.39, 0.29) is 25.4 Å². The molecule has 0 spiro atoms. The Labute approximate surface area is 204 Å². The van der Waals surface area contributed by atoms with Crippen LogP contribution in [0.15, 0.2) is 36.4 Å². The van der Waals surface area contributed by atoms with Crippen LogP contribution in [0.4, 0.5) is 0 Å². The summed E-state index contributed by atoms with van der Waals surface area (Å²) in [5, 5.41) is 10.3. The predicted octanol–water partition coefficient (Wildman–Crippen LogP) is 5.09. The van der Waals surface area contributed by atoms with Crippen LogP contribution < -0.4 is 18.9 Å². The first kappa shape index (κ1) is 20.7. The fourth-order valence-electron chi connectivity index (χ4n) is 3.66. The maximum Gasteiger partial charge on any atom is 0.161 e. The summed E-state index contributed by atoms with van der Waals surface area (Å²) in [7, 11) is 7.74. The van der Waals surface area contributed by atoms with Crippen LogP contribution in [0, 0.1) is 17.2 Å². The van der Waals surface area contributed by atoms with Gasteiger partial charge in [0.1, 0.15) is 0 Å². The molecule has 180 valence electrons. The highest BCUT2D eigenvalue weighted by Crippen LogP contribution is 2.40. The summed E-state index contributed by atoms with van der Waals surface area (Å²) in [4.78, 5) is 1.62. The SMILES string of the molecule is [2H]C([2H])(CN(C)CC([2H])([2H])c1ccc(OC)c(OC)c1)CC(C#N)(c1ccc(OC)c(OC)c1)C(C)C. The average molecular weight is 459 g/mol. The van der Waals surface area contributed by atoms with Gasteiger partial charge in [0, 0.05) is 12.0 Å². The van der Waals surface area contributed by atoms with E-state index in [9.17, 15) is 5.26 Å². The fourth-order valence-corrected chi connectivity index (χ4v) is 3.66. The molecule has 0 amide bonds. The number of likely N-dealkylation sites (N-methyl/N-ethyl adjacent to an activating group) is 1. The van der Waals surface area contributed by atoms with Crippen LogP contribution in [0.25, 0.3) is 0 Å². The molecule has 6 heteroatoms. The van der Waals surface area contributed by atoms with Gasteiger partial charge < -0.3 is 23.8 Å². The molecule has 6 nitrogen and oxygen atoms in total. The summed E-state index contributed by atoms with van der Waals surface area (Å²) in [6.07, 6.45) is -3.65. The number of hydrogen-bond acceptors (Lipinski definition) is 6. The maximum absolute atomic E-state index is 10.3. The molecular formula is C27H38N2O4. The first-order valence-corrected chi connectivity index (χ1v) is 10.8. The maximum atomic E-state index is 10.3. The highest BCUT2D eigenvalue weighted by Gasteiger charge is 2.36. The summed E-state index contributed by atoms with van der Waals surface area (Å²) >= 11 is 0. The van der Waals surface area contributed by atoms with Gasteiger partial charge >= 0.3 is 0 Å². The van der Waals surface area contributed by atoms with Crippen LogP contribution in [0.2, 0.25) is 0 Å². The molecule has 33 heavy (non-hydrogen) atoms. The highest BCUT2D eigenvalue weighted by molar-refractivity contribution is 5.47. The summed E-state index contributed by atoms with van der Waals surface area (Å²) in [6.45, 7) is 3.67. The second-order valence-electron chi connectivity index (χ2n) is 8.15. The monoisotopic (exact) mass is 458 g/mol. The van der Waals surface area contributed by atoms with Crippen molar-refractivity contribution in [2.75, 3.05) is 48.6 Å². The summed E-state index contributed by atoms with van der Waals surface area (Å²) in [5.41, 5.74) is -0.0852. The summed E-state index contributed by atoms with van der Waals surface area (Å²) < 4.78 is 56.2. The van der Waals surface area contributed by atoms with E-state index in [4.69, 9.17) is 24.4 Å². The zero-order valence-corrected chi connectivity index (χ0v) is 20.7. The van der Waals surface area contributed by atoms with Crippen molar-refractivity contribution in [3.05, 3.63) is 47.5 Å². The Morgan fingerprint density at radius 1 is 0.909 bits per heavy atom. The Bertz CT molecular complexity index is 1100. The smallest absolute Gasteiger partial charge is 0.161 e. The van der Waals surface area contributed by atoms with Gasteiger partial charge in [-0.15, -0.1) is 0 Å². The van der Waals surface area contributed by atoms with Crippen LogP contribution >= 0.6 is 0 Å². The van der Waals surface area contributed by atoms with Crippen LogP contribution in [0.5, 0.6) is 23.0 Å². The molecule has 2 rings (SSSR count). The Morgan fingerprint density at radius 2 is 1.48 bits per heavy atom. The van der Waals surface area contributed by atoms with Gasteiger partial charge in [0.05, 0.1) is 39.9 Å². The molecule has 0 bridgehead atoms. The van der Waals surface area contributed by atoms with Gasteiger partial charge in [-0.1, -0.05) is 26.0 Å². The van der Waals surface area contributed by atoms with Gasteiger partial charge in [-0.05, 0) is 74.1 Å². The third kappa shape index (κ3) is 6.33. The molecule has 1 unspecified atom stereocenters. The lowest BCUT2D eigenvalue weighted by atomic mass is 9.69. The lowest BCUT2D eigenvalue weighted by molar-refractivity contribution is 0.292. The van der Waals surface area contributed by atoms with E-state index >= 15 is 0 Å². The zero-order chi connectivity index (χ0) is 28.0. The minimum atomic E-state index is -1.80.